The molecule has 132 valence electrons. The topological polar surface area (TPSA) is 45.7 Å². The van der Waals surface area contributed by atoms with E-state index in [4.69, 9.17) is 0 Å². The first-order valence-corrected chi connectivity index (χ1v) is 8.34. The molecule has 3 N–H and O–H groups in total. The Balaban J connectivity index is 1.69. The van der Waals surface area contributed by atoms with Gasteiger partial charge in [0.15, 0.2) is 23.5 Å². The van der Waals surface area contributed by atoms with Gasteiger partial charge >= 0.3 is 0 Å². The van der Waals surface area contributed by atoms with Crippen molar-refractivity contribution >= 4 is 11.6 Å². The summed E-state index contributed by atoms with van der Waals surface area (Å²) in [6.45, 7) is 1.71. The summed E-state index contributed by atoms with van der Waals surface area (Å²) in [6.07, 6.45) is 3.03. The molecular formula is C19H20F3N2O+. The summed E-state index contributed by atoms with van der Waals surface area (Å²) in [5.74, 6) is -4.71. The van der Waals surface area contributed by atoms with Crippen LogP contribution in [0.1, 0.15) is 36.9 Å². The number of aryl methyl sites for hydroxylation is 1. The highest BCUT2D eigenvalue weighted by molar-refractivity contribution is 5.93. The van der Waals surface area contributed by atoms with Gasteiger partial charge < -0.3 is 10.6 Å². The third-order valence-corrected chi connectivity index (χ3v) is 4.64. The maximum Gasteiger partial charge on any atom is 0.282 e. The quantitative estimate of drug-likeness (QED) is 0.819. The van der Waals surface area contributed by atoms with Crippen molar-refractivity contribution in [1.82, 2.24) is 0 Å². The molecule has 3 rings (SSSR count). The number of carbonyl (C=O) groups excluding carboxylic acids is 1. The molecule has 0 aliphatic heterocycles. The van der Waals surface area contributed by atoms with E-state index in [1.807, 2.05) is 17.4 Å². The van der Waals surface area contributed by atoms with Crippen LogP contribution in [0.15, 0.2) is 36.4 Å². The second-order valence-corrected chi connectivity index (χ2v) is 6.39. The van der Waals surface area contributed by atoms with Crippen LogP contribution in [0.4, 0.5) is 18.9 Å². The fourth-order valence-electron chi connectivity index (χ4n) is 3.30. The van der Waals surface area contributed by atoms with Crippen LogP contribution in [0.25, 0.3) is 0 Å². The van der Waals surface area contributed by atoms with Crippen LogP contribution in [0, 0.1) is 17.5 Å². The second-order valence-electron chi connectivity index (χ2n) is 6.39. The fourth-order valence-corrected chi connectivity index (χ4v) is 3.30. The van der Waals surface area contributed by atoms with Gasteiger partial charge in [0.05, 0.1) is 5.69 Å². The second kappa shape index (κ2) is 7.27. The molecule has 2 aromatic rings. The lowest BCUT2D eigenvalue weighted by molar-refractivity contribution is -0.714. The van der Waals surface area contributed by atoms with Gasteiger partial charge in [-0.3, -0.25) is 4.79 Å². The van der Waals surface area contributed by atoms with E-state index >= 15 is 0 Å². The lowest BCUT2D eigenvalue weighted by Crippen LogP contribution is -2.92. The van der Waals surface area contributed by atoms with E-state index in [-0.39, 0.29) is 11.7 Å². The predicted octanol–water partition coefficient (Wildman–Crippen LogP) is 3.07. The molecule has 1 aliphatic carbocycles. The third-order valence-electron chi connectivity index (χ3n) is 4.64. The molecule has 0 unspecified atom stereocenters. The zero-order valence-electron chi connectivity index (χ0n) is 13.9. The minimum atomic E-state index is -1.59. The number of anilines is 1. The number of amides is 1. The summed E-state index contributed by atoms with van der Waals surface area (Å²) in [4.78, 5) is 12.3. The van der Waals surface area contributed by atoms with Crippen molar-refractivity contribution in [2.24, 2.45) is 0 Å². The number of benzene rings is 2. The minimum absolute atomic E-state index is 0.153. The van der Waals surface area contributed by atoms with Gasteiger partial charge in [-0.2, -0.15) is 0 Å². The lowest BCUT2D eigenvalue weighted by Gasteiger charge is -2.26. The monoisotopic (exact) mass is 349 g/mol. The maximum atomic E-state index is 13.7. The first-order valence-electron chi connectivity index (χ1n) is 8.34. The number of hydrogen-bond acceptors (Lipinski definition) is 1. The summed E-state index contributed by atoms with van der Waals surface area (Å²) in [6, 6.07) is 9.61. The van der Waals surface area contributed by atoms with Crippen LogP contribution in [-0.4, -0.2) is 11.9 Å². The average molecular weight is 349 g/mol. The molecule has 6 heteroatoms. The predicted molar refractivity (Wildman–Crippen MR) is 88.5 cm³/mol. The Hall–Kier alpha value is -2.34. The molecule has 0 radical (unpaired) electrons. The molecule has 2 atom stereocenters. The van der Waals surface area contributed by atoms with E-state index in [1.165, 1.54) is 11.1 Å². The summed E-state index contributed by atoms with van der Waals surface area (Å²) < 4.78 is 39.9. The Morgan fingerprint density at radius 1 is 1.16 bits per heavy atom. The fraction of sp³-hybridized carbons (Fsp3) is 0.316. The number of nitrogens with two attached hydrogens (primary N) is 1. The highest BCUT2D eigenvalue weighted by Crippen LogP contribution is 2.27. The van der Waals surface area contributed by atoms with E-state index in [0.717, 1.165) is 31.4 Å². The van der Waals surface area contributed by atoms with E-state index in [1.54, 1.807) is 6.92 Å². The summed E-state index contributed by atoms with van der Waals surface area (Å²) in [7, 11) is 0. The smallest absolute Gasteiger partial charge is 0.282 e. The Morgan fingerprint density at radius 2 is 1.92 bits per heavy atom. The number of quaternary nitrogens is 1. The molecule has 0 saturated heterocycles. The van der Waals surface area contributed by atoms with E-state index in [0.29, 0.717) is 0 Å². The van der Waals surface area contributed by atoms with Gasteiger partial charge in [0.25, 0.3) is 5.91 Å². The third kappa shape index (κ3) is 3.69. The largest absolute Gasteiger partial charge is 0.330 e. The first-order chi connectivity index (χ1) is 12.0. The SMILES string of the molecule is C[C@@H]([NH2+][C@@H]1CCCc2ccccc21)C(=O)Nc1ccc(F)c(F)c1F. The molecule has 0 fully saturated rings. The van der Waals surface area contributed by atoms with Crippen LogP contribution in [0.5, 0.6) is 0 Å². The molecule has 1 amide bonds. The van der Waals surface area contributed by atoms with Crippen LogP contribution >= 0.6 is 0 Å². The van der Waals surface area contributed by atoms with Crippen molar-refractivity contribution in [3.63, 3.8) is 0 Å². The van der Waals surface area contributed by atoms with Crippen LogP contribution in [0.3, 0.4) is 0 Å². The van der Waals surface area contributed by atoms with Crippen molar-refractivity contribution < 1.29 is 23.3 Å². The molecule has 0 saturated carbocycles. The zero-order chi connectivity index (χ0) is 18.0. The van der Waals surface area contributed by atoms with Crippen LogP contribution in [0.2, 0.25) is 0 Å². The molecular weight excluding hydrogens is 329 g/mol. The van der Waals surface area contributed by atoms with Gasteiger partial charge in [0.1, 0.15) is 6.04 Å². The van der Waals surface area contributed by atoms with Crippen LogP contribution < -0.4 is 10.6 Å². The van der Waals surface area contributed by atoms with Gasteiger partial charge in [-0.15, -0.1) is 0 Å². The van der Waals surface area contributed by atoms with Crippen LogP contribution in [-0.2, 0) is 11.2 Å². The molecule has 0 aromatic heterocycles. The van der Waals surface area contributed by atoms with Gasteiger partial charge in [-0.05, 0) is 37.5 Å². The minimum Gasteiger partial charge on any atom is -0.330 e. The highest BCUT2D eigenvalue weighted by Gasteiger charge is 2.28. The Kier molecular flexibility index (Phi) is 5.08. The Labute approximate surface area is 144 Å². The molecule has 25 heavy (non-hydrogen) atoms. The Bertz CT molecular complexity index is 794. The van der Waals surface area contributed by atoms with Gasteiger partial charge in [-0.1, -0.05) is 24.3 Å². The molecule has 0 heterocycles. The lowest BCUT2D eigenvalue weighted by atomic mass is 9.87. The van der Waals surface area contributed by atoms with E-state index < -0.39 is 29.4 Å². The van der Waals surface area contributed by atoms with Crippen molar-refractivity contribution in [2.75, 3.05) is 5.32 Å². The van der Waals surface area contributed by atoms with Crippen molar-refractivity contribution in [1.29, 1.82) is 0 Å². The number of fused-ring (bicyclic) bond motifs is 1. The van der Waals surface area contributed by atoms with Gasteiger partial charge in [-0.25, -0.2) is 13.2 Å². The standard InChI is InChI=1S/C19H19F3N2O/c1-11(19(25)24-16-10-9-14(20)17(21)18(16)22)23-15-8-4-6-12-5-2-3-7-13(12)15/h2-3,5,7,9-11,15,23H,4,6,8H2,1H3,(H,24,25)/p+1/t11-,15-/m1/s1. The molecule has 3 nitrogen and oxygen atoms in total. The van der Waals surface area contributed by atoms with Gasteiger partial charge in [0, 0.05) is 12.0 Å². The van der Waals surface area contributed by atoms with E-state index in [9.17, 15) is 18.0 Å². The van der Waals surface area contributed by atoms with Crippen molar-refractivity contribution in [2.45, 2.75) is 38.3 Å². The summed E-state index contributed by atoms with van der Waals surface area (Å²) >= 11 is 0. The number of rotatable bonds is 4. The Morgan fingerprint density at radius 3 is 2.72 bits per heavy atom. The summed E-state index contributed by atoms with van der Waals surface area (Å²) in [5.41, 5.74) is 2.15. The average Bonchev–Trinajstić information content (AvgIpc) is 2.62. The van der Waals surface area contributed by atoms with Gasteiger partial charge in [0.2, 0.25) is 0 Å². The molecule has 2 aromatic carbocycles. The summed E-state index contributed by atoms with van der Waals surface area (Å²) in [5, 5.41) is 4.28. The normalized spacial score (nSPS) is 17.7. The number of halogens is 3. The first kappa shape index (κ1) is 17.5. The number of carbonyl (C=O) groups is 1. The number of hydrogen-bond donors (Lipinski definition) is 2. The highest BCUT2D eigenvalue weighted by atomic mass is 19.2. The molecule has 1 aliphatic rings. The molecule has 0 bridgehead atoms. The maximum absolute atomic E-state index is 13.7. The van der Waals surface area contributed by atoms with Crippen molar-refractivity contribution in [3.05, 3.63) is 65.0 Å². The zero-order valence-corrected chi connectivity index (χ0v) is 13.9. The van der Waals surface area contributed by atoms with Crippen molar-refractivity contribution in [3.8, 4) is 0 Å². The molecule has 0 spiro atoms. The number of nitrogens with one attached hydrogen (secondary N) is 1. The van der Waals surface area contributed by atoms with E-state index in [2.05, 4.69) is 17.4 Å².